The van der Waals surface area contributed by atoms with Gasteiger partial charge >= 0.3 is 0 Å². The van der Waals surface area contributed by atoms with Crippen molar-refractivity contribution in [1.29, 1.82) is 0 Å². The van der Waals surface area contributed by atoms with E-state index in [0.29, 0.717) is 6.42 Å². The Morgan fingerprint density at radius 2 is 2.21 bits per heavy atom. The van der Waals surface area contributed by atoms with Crippen LogP contribution >= 0.6 is 0 Å². The lowest BCUT2D eigenvalue weighted by Gasteiger charge is -1.96. The van der Waals surface area contributed by atoms with Gasteiger partial charge in [-0.3, -0.25) is 4.98 Å². The predicted molar refractivity (Wildman–Crippen MR) is 71.7 cm³/mol. The zero-order valence-corrected chi connectivity index (χ0v) is 11.3. The predicted octanol–water partition coefficient (Wildman–Crippen LogP) is 3.10. The molecule has 3 rings (SSSR count). The summed E-state index contributed by atoms with van der Waals surface area (Å²) in [6, 6.07) is 4.07. The highest BCUT2D eigenvalue weighted by molar-refractivity contribution is 5.16. The number of pyridine rings is 1. The number of aromatic nitrogens is 3. The monoisotopic (exact) mass is 257 g/mol. The summed E-state index contributed by atoms with van der Waals surface area (Å²) in [4.78, 5) is 8.71. The van der Waals surface area contributed by atoms with Crippen molar-refractivity contribution in [3.05, 3.63) is 41.3 Å². The van der Waals surface area contributed by atoms with Gasteiger partial charge < -0.3 is 4.52 Å². The van der Waals surface area contributed by atoms with E-state index >= 15 is 0 Å². The molecule has 19 heavy (non-hydrogen) atoms. The number of nitrogens with zero attached hydrogens (tertiary/aromatic N) is 3. The summed E-state index contributed by atoms with van der Waals surface area (Å²) in [5.74, 6) is 2.50. The minimum absolute atomic E-state index is 0.694. The minimum Gasteiger partial charge on any atom is -0.339 e. The average molecular weight is 257 g/mol. The summed E-state index contributed by atoms with van der Waals surface area (Å²) >= 11 is 0. The van der Waals surface area contributed by atoms with Crippen molar-refractivity contribution in [1.82, 2.24) is 15.1 Å². The highest BCUT2D eigenvalue weighted by atomic mass is 16.5. The van der Waals surface area contributed by atoms with Crippen molar-refractivity contribution in [3.63, 3.8) is 0 Å². The van der Waals surface area contributed by atoms with Crippen molar-refractivity contribution in [3.8, 4) is 0 Å². The molecule has 100 valence electrons. The Morgan fingerprint density at radius 1 is 1.32 bits per heavy atom. The summed E-state index contributed by atoms with van der Waals surface area (Å²) < 4.78 is 5.28. The Kier molecular flexibility index (Phi) is 3.58. The maximum absolute atomic E-state index is 5.28. The minimum atomic E-state index is 0.694. The molecule has 1 fully saturated rings. The fraction of sp³-hybridized carbons (Fsp3) is 0.533. The van der Waals surface area contributed by atoms with Crippen LogP contribution in [-0.4, -0.2) is 15.1 Å². The van der Waals surface area contributed by atoms with Gasteiger partial charge in [-0.1, -0.05) is 24.1 Å². The van der Waals surface area contributed by atoms with Gasteiger partial charge in [-0.2, -0.15) is 4.98 Å². The van der Waals surface area contributed by atoms with Crippen LogP contribution in [0, 0.1) is 12.8 Å². The van der Waals surface area contributed by atoms with Crippen LogP contribution in [0.5, 0.6) is 0 Å². The van der Waals surface area contributed by atoms with Gasteiger partial charge in [0.05, 0.1) is 0 Å². The van der Waals surface area contributed by atoms with E-state index in [1.54, 1.807) is 0 Å². The van der Waals surface area contributed by atoms with E-state index in [1.807, 2.05) is 19.2 Å². The molecule has 2 heterocycles. The summed E-state index contributed by atoms with van der Waals surface area (Å²) in [6.07, 6.45) is 8.77. The molecule has 0 amide bonds. The molecule has 1 aliphatic rings. The molecule has 0 unspecified atom stereocenters. The molecule has 1 saturated carbocycles. The third kappa shape index (κ3) is 3.63. The summed E-state index contributed by atoms with van der Waals surface area (Å²) in [5, 5.41) is 4.03. The Bertz CT molecular complexity index is 529. The van der Waals surface area contributed by atoms with Gasteiger partial charge in [-0.15, -0.1) is 0 Å². The van der Waals surface area contributed by atoms with Crippen LogP contribution in [0.3, 0.4) is 0 Å². The molecule has 0 N–H and O–H groups in total. The summed E-state index contributed by atoms with van der Waals surface area (Å²) in [5.41, 5.74) is 2.15. The molecule has 0 spiro atoms. The molecule has 2 aromatic rings. The van der Waals surface area contributed by atoms with E-state index in [4.69, 9.17) is 4.52 Å². The topological polar surface area (TPSA) is 51.8 Å². The molecule has 4 nitrogen and oxygen atoms in total. The van der Waals surface area contributed by atoms with Crippen LogP contribution < -0.4 is 0 Å². The molecule has 0 aliphatic heterocycles. The van der Waals surface area contributed by atoms with E-state index in [9.17, 15) is 0 Å². The molecule has 0 saturated heterocycles. The summed E-state index contributed by atoms with van der Waals surface area (Å²) in [6.45, 7) is 1.98. The number of hydrogen-bond acceptors (Lipinski definition) is 4. The van der Waals surface area contributed by atoms with Crippen molar-refractivity contribution >= 4 is 0 Å². The number of rotatable bonds is 6. The molecule has 0 bridgehead atoms. The Labute approximate surface area is 113 Å². The van der Waals surface area contributed by atoms with Gasteiger partial charge in [0.25, 0.3) is 0 Å². The molecule has 0 atom stereocenters. The number of aryl methyl sites for hydroxylation is 2. The Morgan fingerprint density at radius 3 is 2.95 bits per heavy atom. The van der Waals surface area contributed by atoms with Crippen molar-refractivity contribution in [2.45, 2.75) is 45.4 Å². The largest absolute Gasteiger partial charge is 0.339 e. The van der Waals surface area contributed by atoms with Gasteiger partial charge in [-0.25, -0.2) is 0 Å². The van der Waals surface area contributed by atoms with Crippen LogP contribution in [0.15, 0.2) is 22.9 Å². The first-order chi connectivity index (χ1) is 9.29. The molecule has 4 heteroatoms. The highest BCUT2D eigenvalue weighted by Gasteiger charge is 2.20. The molecular weight excluding hydrogens is 238 g/mol. The third-order valence-electron chi connectivity index (χ3n) is 3.54. The second-order valence-electron chi connectivity index (χ2n) is 5.42. The highest BCUT2D eigenvalue weighted by Crippen LogP contribution is 2.33. The van der Waals surface area contributed by atoms with Crippen molar-refractivity contribution in [2.24, 2.45) is 5.92 Å². The molecule has 0 radical (unpaired) electrons. The van der Waals surface area contributed by atoms with Crippen LogP contribution in [0.4, 0.5) is 0 Å². The van der Waals surface area contributed by atoms with Crippen LogP contribution in [0.25, 0.3) is 0 Å². The lowest BCUT2D eigenvalue weighted by Crippen LogP contribution is -1.93. The van der Waals surface area contributed by atoms with Gasteiger partial charge in [0.2, 0.25) is 5.89 Å². The second-order valence-corrected chi connectivity index (χ2v) is 5.42. The zero-order valence-electron chi connectivity index (χ0n) is 11.3. The van der Waals surface area contributed by atoms with Crippen molar-refractivity contribution < 1.29 is 4.52 Å². The zero-order chi connectivity index (χ0) is 13.1. The lowest BCUT2D eigenvalue weighted by atomic mass is 10.2. The smallest absolute Gasteiger partial charge is 0.226 e. The normalized spacial score (nSPS) is 14.8. The van der Waals surface area contributed by atoms with E-state index in [1.165, 1.54) is 25.7 Å². The first kappa shape index (κ1) is 12.3. The quantitative estimate of drug-likeness (QED) is 0.798. The third-order valence-corrected chi connectivity index (χ3v) is 3.54. The van der Waals surface area contributed by atoms with E-state index < -0.39 is 0 Å². The fourth-order valence-corrected chi connectivity index (χ4v) is 2.20. The lowest BCUT2D eigenvalue weighted by molar-refractivity contribution is 0.369. The average Bonchev–Trinajstić information content (AvgIpc) is 3.12. The molecule has 2 aromatic heterocycles. The van der Waals surface area contributed by atoms with Gasteiger partial charge in [0.15, 0.2) is 5.82 Å². The van der Waals surface area contributed by atoms with Crippen LogP contribution in [0.1, 0.15) is 48.7 Å². The van der Waals surface area contributed by atoms with Crippen LogP contribution in [0.2, 0.25) is 0 Å². The van der Waals surface area contributed by atoms with E-state index in [2.05, 4.69) is 21.2 Å². The molecule has 1 aliphatic carbocycles. The SMILES string of the molecule is Cc1ccc(Cc2noc(CCCC3CC3)n2)cn1. The van der Waals surface area contributed by atoms with E-state index in [-0.39, 0.29) is 0 Å². The molecular formula is C15H19N3O. The van der Waals surface area contributed by atoms with Crippen LogP contribution in [-0.2, 0) is 12.8 Å². The maximum atomic E-state index is 5.28. The van der Waals surface area contributed by atoms with Gasteiger partial charge in [-0.05, 0) is 37.3 Å². The van der Waals surface area contributed by atoms with E-state index in [0.717, 1.165) is 35.3 Å². The fourth-order valence-electron chi connectivity index (χ4n) is 2.20. The standard InChI is InChI=1S/C15H19N3O/c1-11-5-6-13(10-16-11)9-14-17-15(19-18-14)4-2-3-12-7-8-12/h5-6,10,12H,2-4,7-9H2,1H3. The second kappa shape index (κ2) is 5.51. The van der Waals surface area contributed by atoms with Gasteiger partial charge in [0.1, 0.15) is 0 Å². The first-order valence-corrected chi connectivity index (χ1v) is 7.02. The van der Waals surface area contributed by atoms with Gasteiger partial charge in [0, 0.05) is 24.7 Å². The first-order valence-electron chi connectivity index (χ1n) is 7.02. The Balaban J connectivity index is 1.53. The van der Waals surface area contributed by atoms with Crippen molar-refractivity contribution in [2.75, 3.05) is 0 Å². The summed E-state index contributed by atoms with van der Waals surface area (Å²) in [7, 11) is 0. The molecule has 0 aromatic carbocycles. The number of hydrogen-bond donors (Lipinski definition) is 0. The Hall–Kier alpha value is -1.71. The maximum Gasteiger partial charge on any atom is 0.226 e.